The number of hydrogen-bond acceptors (Lipinski definition) is 2. The van der Waals surface area contributed by atoms with Gasteiger partial charge in [0, 0.05) is 12.0 Å². The molecule has 1 aromatic carbocycles. The summed E-state index contributed by atoms with van der Waals surface area (Å²) in [6.07, 6.45) is 2.95. The highest BCUT2D eigenvalue weighted by atomic mass is 16.4. The fourth-order valence-corrected chi connectivity index (χ4v) is 2.50. The number of aliphatic carboxylic acids is 1. The molecule has 0 fully saturated rings. The summed E-state index contributed by atoms with van der Waals surface area (Å²) in [5.41, 5.74) is 2.73. The minimum absolute atomic E-state index is 0.233. The third-order valence-corrected chi connectivity index (χ3v) is 3.65. The van der Waals surface area contributed by atoms with Gasteiger partial charge in [0.25, 0.3) is 0 Å². The third-order valence-electron chi connectivity index (χ3n) is 3.65. The van der Waals surface area contributed by atoms with Crippen molar-refractivity contribution >= 4 is 11.9 Å². The summed E-state index contributed by atoms with van der Waals surface area (Å²) >= 11 is 0. The fraction of sp³-hybridized carbons (Fsp3) is 0.375. The van der Waals surface area contributed by atoms with Crippen molar-refractivity contribution in [3.63, 3.8) is 0 Å². The average Bonchev–Trinajstić information content (AvgIpc) is 2.85. The topological polar surface area (TPSA) is 66.4 Å². The largest absolute Gasteiger partial charge is 0.480 e. The second-order valence-electron chi connectivity index (χ2n) is 5.17. The molecule has 0 aromatic heterocycles. The number of carboxylic acids is 1. The van der Waals surface area contributed by atoms with E-state index >= 15 is 0 Å². The van der Waals surface area contributed by atoms with E-state index < -0.39 is 12.0 Å². The monoisotopic (exact) mass is 273 g/mol. The summed E-state index contributed by atoms with van der Waals surface area (Å²) in [4.78, 5) is 23.4. The maximum atomic E-state index is 12.1. The van der Waals surface area contributed by atoms with Crippen LogP contribution in [-0.4, -0.2) is 23.0 Å². The van der Waals surface area contributed by atoms with Gasteiger partial charge in [0.2, 0.25) is 5.91 Å². The van der Waals surface area contributed by atoms with E-state index in [1.54, 1.807) is 0 Å². The van der Waals surface area contributed by atoms with E-state index in [1.165, 1.54) is 0 Å². The number of carboxylic acid groups (broad SMARTS) is 1. The maximum Gasteiger partial charge on any atom is 0.326 e. The van der Waals surface area contributed by atoms with Crippen LogP contribution in [0.4, 0.5) is 0 Å². The van der Waals surface area contributed by atoms with Gasteiger partial charge < -0.3 is 10.4 Å². The molecule has 1 aliphatic rings. The second-order valence-corrected chi connectivity index (χ2v) is 5.17. The van der Waals surface area contributed by atoms with Gasteiger partial charge in [-0.05, 0) is 31.7 Å². The van der Waals surface area contributed by atoms with Crippen molar-refractivity contribution in [1.82, 2.24) is 5.32 Å². The van der Waals surface area contributed by atoms with Crippen molar-refractivity contribution in [3.05, 3.63) is 47.0 Å². The van der Waals surface area contributed by atoms with E-state index in [2.05, 4.69) is 5.32 Å². The van der Waals surface area contributed by atoms with E-state index in [0.717, 1.165) is 36.0 Å². The molecule has 0 saturated carbocycles. The Kier molecular flexibility index (Phi) is 4.56. The predicted octanol–water partition coefficient (Wildman–Crippen LogP) is 2.30. The molecule has 1 atom stereocenters. The Bertz CT molecular complexity index is 534. The summed E-state index contributed by atoms with van der Waals surface area (Å²) in [5.74, 6) is -1.23. The summed E-state index contributed by atoms with van der Waals surface area (Å²) in [5, 5.41) is 11.9. The summed E-state index contributed by atoms with van der Waals surface area (Å²) < 4.78 is 0. The lowest BCUT2D eigenvalue weighted by molar-refractivity contribution is -0.141. The Hall–Kier alpha value is -2.10. The number of carbonyl (C=O) groups is 2. The molecule has 4 nitrogen and oxygen atoms in total. The Morgan fingerprint density at radius 3 is 2.50 bits per heavy atom. The zero-order valence-electron chi connectivity index (χ0n) is 11.6. The van der Waals surface area contributed by atoms with Gasteiger partial charge in [0.1, 0.15) is 6.04 Å². The molecule has 0 heterocycles. The molecular formula is C16H19NO3. The van der Waals surface area contributed by atoms with Crippen LogP contribution in [-0.2, 0) is 16.0 Å². The number of hydrogen-bond donors (Lipinski definition) is 2. The van der Waals surface area contributed by atoms with Crippen molar-refractivity contribution in [3.8, 4) is 0 Å². The van der Waals surface area contributed by atoms with E-state index in [-0.39, 0.29) is 5.91 Å². The molecular weight excluding hydrogens is 254 g/mol. The molecule has 106 valence electrons. The molecule has 0 aliphatic heterocycles. The van der Waals surface area contributed by atoms with Crippen LogP contribution in [0.15, 0.2) is 41.5 Å². The van der Waals surface area contributed by atoms with Crippen molar-refractivity contribution in [2.45, 2.75) is 38.6 Å². The van der Waals surface area contributed by atoms with Crippen LogP contribution in [0.2, 0.25) is 0 Å². The molecule has 0 bridgehead atoms. The minimum Gasteiger partial charge on any atom is -0.480 e. The lowest BCUT2D eigenvalue weighted by Gasteiger charge is -2.15. The Balaban J connectivity index is 2.05. The summed E-state index contributed by atoms with van der Waals surface area (Å²) in [6.45, 7) is 1.94. The van der Waals surface area contributed by atoms with Gasteiger partial charge in [-0.25, -0.2) is 4.79 Å². The van der Waals surface area contributed by atoms with E-state index in [1.807, 2.05) is 37.3 Å². The Labute approximate surface area is 118 Å². The number of amides is 1. The van der Waals surface area contributed by atoms with Gasteiger partial charge in [-0.1, -0.05) is 35.9 Å². The quantitative estimate of drug-likeness (QED) is 0.865. The van der Waals surface area contributed by atoms with Gasteiger partial charge in [-0.3, -0.25) is 4.79 Å². The van der Waals surface area contributed by atoms with Gasteiger partial charge >= 0.3 is 5.97 Å². The SMILES string of the molecule is CC1=C(C(=O)NC(Cc2ccccc2)C(=O)O)CCC1. The molecule has 4 heteroatoms. The van der Waals surface area contributed by atoms with E-state index in [0.29, 0.717) is 6.42 Å². The number of rotatable bonds is 5. The van der Waals surface area contributed by atoms with Crippen molar-refractivity contribution < 1.29 is 14.7 Å². The van der Waals surface area contributed by atoms with Crippen LogP contribution in [0, 0.1) is 0 Å². The molecule has 1 aliphatic carbocycles. The van der Waals surface area contributed by atoms with Gasteiger partial charge in [0.05, 0.1) is 0 Å². The van der Waals surface area contributed by atoms with Gasteiger partial charge in [-0.15, -0.1) is 0 Å². The first-order chi connectivity index (χ1) is 9.58. The first kappa shape index (κ1) is 14.3. The number of nitrogens with one attached hydrogen (secondary N) is 1. The molecule has 20 heavy (non-hydrogen) atoms. The van der Waals surface area contributed by atoms with Crippen molar-refractivity contribution in [2.75, 3.05) is 0 Å². The molecule has 1 amide bonds. The zero-order chi connectivity index (χ0) is 14.5. The van der Waals surface area contributed by atoms with Crippen molar-refractivity contribution in [1.29, 1.82) is 0 Å². The maximum absolute atomic E-state index is 12.1. The number of allylic oxidation sites excluding steroid dienone is 1. The Morgan fingerprint density at radius 1 is 1.25 bits per heavy atom. The average molecular weight is 273 g/mol. The third kappa shape index (κ3) is 3.47. The lowest BCUT2D eigenvalue weighted by Crippen LogP contribution is -2.42. The van der Waals surface area contributed by atoms with E-state index in [4.69, 9.17) is 0 Å². The molecule has 0 spiro atoms. The highest BCUT2D eigenvalue weighted by molar-refractivity contribution is 5.97. The van der Waals surface area contributed by atoms with Gasteiger partial charge in [-0.2, -0.15) is 0 Å². The highest BCUT2D eigenvalue weighted by Crippen LogP contribution is 2.25. The standard InChI is InChI=1S/C16H19NO3/c1-11-6-5-9-13(11)15(18)17-14(16(19)20)10-12-7-3-2-4-8-12/h2-4,7-8,14H,5-6,9-10H2,1H3,(H,17,18)(H,19,20). The van der Waals surface area contributed by atoms with Crippen LogP contribution in [0.3, 0.4) is 0 Å². The van der Waals surface area contributed by atoms with Crippen molar-refractivity contribution in [2.24, 2.45) is 0 Å². The first-order valence-corrected chi connectivity index (χ1v) is 6.84. The fourth-order valence-electron chi connectivity index (χ4n) is 2.50. The highest BCUT2D eigenvalue weighted by Gasteiger charge is 2.24. The first-order valence-electron chi connectivity index (χ1n) is 6.84. The van der Waals surface area contributed by atoms with Crippen LogP contribution in [0.1, 0.15) is 31.7 Å². The van der Waals surface area contributed by atoms with Gasteiger partial charge in [0.15, 0.2) is 0 Å². The molecule has 1 unspecified atom stereocenters. The number of benzene rings is 1. The predicted molar refractivity (Wildman–Crippen MR) is 76.3 cm³/mol. The summed E-state index contributed by atoms with van der Waals surface area (Å²) in [6, 6.07) is 8.44. The Morgan fingerprint density at radius 2 is 1.95 bits per heavy atom. The van der Waals surface area contributed by atoms with Crippen LogP contribution < -0.4 is 5.32 Å². The van der Waals surface area contributed by atoms with Crippen LogP contribution in [0.25, 0.3) is 0 Å². The van der Waals surface area contributed by atoms with Crippen LogP contribution in [0.5, 0.6) is 0 Å². The smallest absolute Gasteiger partial charge is 0.326 e. The van der Waals surface area contributed by atoms with Crippen LogP contribution >= 0.6 is 0 Å². The number of carbonyl (C=O) groups excluding carboxylic acids is 1. The second kappa shape index (κ2) is 6.37. The minimum atomic E-state index is -1.00. The zero-order valence-corrected chi connectivity index (χ0v) is 11.6. The normalized spacial score (nSPS) is 16.1. The molecule has 1 aromatic rings. The molecule has 0 saturated heterocycles. The molecule has 2 N–H and O–H groups in total. The van der Waals surface area contributed by atoms with E-state index in [9.17, 15) is 14.7 Å². The molecule has 0 radical (unpaired) electrons. The summed E-state index contributed by atoms with van der Waals surface area (Å²) in [7, 11) is 0. The lowest BCUT2D eigenvalue weighted by atomic mass is 10.0. The molecule has 2 rings (SSSR count).